The molecule has 0 saturated heterocycles. The average Bonchev–Trinajstić information content (AvgIpc) is 1.98. The van der Waals surface area contributed by atoms with Crippen molar-refractivity contribution in [3.05, 3.63) is 0 Å². The molecule has 0 amide bonds. The van der Waals surface area contributed by atoms with Gasteiger partial charge in [-0.15, -0.1) is 0 Å². The topological polar surface area (TPSA) is 3.24 Å². The quantitative estimate of drug-likeness (QED) is 0.573. The predicted molar refractivity (Wildman–Crippen MR) is 51.9 cm³/mol. The van der Waals surface area contributed by atoms with Crippen molar-refractivity contribution in [2.45, 2.75) is 40.5 Å². The normalized spacial score (nSPS) is 11.5. The molecule has 0 saturated carbocycles. The summed E-state index contributed by atoms with van der Waals surface area (Å²) in [6, 6.07) is 0. The molecule has 0 aromatic heterocycles. The van der Waals surface area contributed by atoms with Crippen LogP contribution in [0.5, 0.6) is 0 Å². The van der Waals surface area contributed by atoms with E-state index >= 15 is 0 Å². The molecule has 11 heavy (non-hydrogen) atoms. The fourth-order valence-corrected chi connectivity index (χ4v) is 1.26. The van der Waals surface area contributed by atoms with Gasteiger partial charge in [0.15, 0.2) is 0 Å². The Morgan fingerprint density at radius 3 is 2.00 bits per heavy atom. The molecule has 68 valence electrons. The molecule has 0 atom stereocenters. The largest absolute Gasteiger partial charge is 0.304 e. The van der Waals surface area contributed by atoms with Crippen LogP contribution in [0.1, 0.15) is 40.5 Å². The van der Waals surface area contributed by atoms with Gasteiger partial charge >= 0.3 is 0 Å². The Bertz CT molecular complexity index is 74.9. The highest BCUT2D eigenvalue weighted by Crippen LogP contribution is 2.04. The minimum absolute atomic E-state index is 0.866. The van der Waals surface area contributed by atoms with E-state index in [0.29, 0.717) is 0 Å². The van der Waals surface area contributed by atoms with E-state index in [1.165, 1.54) is 32.5 Å². The van der Waals surface area contributed by atoms with E-state index in [1.807, 2.05) is 0 Å². The summed E-state index contributed by atoms with van der Waals surface area (Å²) in [5.41, 5.74) is 0. The van der Waals surface area contributed by atoms with E-state index in [-0.39, 0.29) is 0 Å². The third-order valence-corrected chi connectivity index (χ3v) is 2.15. The SMILES string of the molecule is CCN(CC)CCCC(C)C. The minimum Gasteiger partial charge on any atom is -0.304 e. The third-order valence-electron chi connectivity index (χ3n) is 2.15. The summed E-state index contributed by atoms with van der Waals surface area (Å²) in [6.07, 6.45) is 2.73. The van der Waals surface area contributed by atoms with Crippen LogP contribution in [0.25, 0.3) is 0 Å². The van der Waals surface area contributed by atoms with Crippen molar-refractivity contribution in [1.82, 2.24) is 4.90 Å². The van der Waals surface area contributed by atoms with Crippen LogP contribution in [-0.2, 0) is 0 Å². The first kappa shape index (κ1) is 11.0. The minimum atomic E-state index is 0.866. The summed E-state index contributed by atoms with van der Waals surface area (Å²) >= 11 is 0. The first-order valence-electron chi connectivity index (χ1n) is 4.93. The molecule has 0 N–H and O–H groups in total. The fraction of sp³-hybridized carbons (Fsp3) is 1.00. The first-order chi connectivity index (χ1) is 5.20. The van der Waals surface area contributed by atoms with E-state index in [1.54, 1.807) is 0 Å². The van der Waals surface area contributed by atoms with Gasteiger partial charge in [0.05, 0.1) is 0 Å². The zero-order valence-electron chi connectivity index (χ0n) is 8.56. The maximum Gasteiger partial charge on any atom is -0.00189 e. The summed E-state index contributed by atoms with van der Waals surface area (Å²) in [4.78, 5) is 2.49. The highest BCUT2D eigenvalue weighted by atomic mass is 15.1. The van der Waals surface area contributed by atoms with Gasteiger partial charge in [0, 0.05) is 0 Å². The summed E-state index contributed by atoms with van der Waals surface area (Å²) in [6.45, 7) is 12.7. The van der Waals surface area contributed by atoms with Gasteiger partial charge in [-0.25, -0.2) is 0 Å². The number of hydrogen-bond donors (Lipinski definition) is 0. The van der Waals surface area contributed by atoms with E-state index in [4.69, 9.17) is 0 Å². The van der Waals surface area contributed by atoms with Crippen LogP contribution in [0.15, 0.2) is 0 Å². The average molecular weight is 157 g/mol. The van der Waals surface area contributed by atoms with Gasteiger partial charge in [-0.3, -0.25) is 0 Å². The summed E-state index contributed by atoms with van der Waals surface area (Å²) in [5, 5.41) is 0. The predicted octanol–water partition coefficient (Wildman–Crippen LogP) is 2.76. The molecule has 0 aliphatic heterocycles. The van der Waals surface area contributed by atoms with Crippen LogP contribution >= 0.6 is 0 Å². The lowest BCUT2D eigenvalue weighted by Gasteiger charge is -2.18. The maximum atomic E-state index is 2.49. The molecular weight excluding hydrogens is 134 g/mol. The van der Waals surface area contributed by atoms with Crippen LogP contribution in [0.4, 0.5) is 0 Å². The molecule has 0 spiro atoms. The van der Waals surface area contributed by atoms with E-state index < -0.39 is 0 Å². The van der Waals surface area contributed by atoms with Gasteiger partial charge in [-0.2, -0.15) is 0 Å². The molecule has 1 heteroatoms. The highest BCUT2D eigenvalue weighted by Gasteiger charge is 1.99. The molecule has 0 bridgehead atoms. The molecule has 0 unspecified atom stereocenters. The Hall–Kier alpha value is -0.0400. The number of hydrogen-bond acceptors (Lipinski definition) is 1. The van der Waals surface area contributed by atoms with Crippen molar-refractivity contribution in [3.63, 3.8) is 0 Å². The molecule has 0 radical (unpaired) electrons. The summed E-state index contributed by atoms with van der Waals surface area (Å²) < 4.78 is 0. The second kappa shape index (κ2) is 6.66. The molecular formula is C10H23N. The van der Waals surface area contributed by atoms with Crippen molar-refractivity contribution in [2.75, 3.05) is 19.6 Å². The first-order valence-corrected chi connectivity index (χ1v) is 4.93. The lowest BCUT2D eigenvalue weighted by atomic mass is 10.1. The Balaban J connectivity index is 3.21. The maximum absolute atomic E-state index is 2.49. The van der Waals surface area contributed by atoms with E-state index in [2.05, 4.69) is 32.6 Å². The Kier molecular flexibility index (Phi) is 6.63. The van der Waals surface area contributed by atoms with Crippen molar-refractivity contribution in [1.29, 1.82) is 0 Å². The van der Waals surface area contributed by atoms with Crippen LogP contribution in [0.3, 0.4) is 0 Å². The summed E-state index contributed by atoms with van der Waals surface area (Å²) in [7, 11) is 0. The van der Waals surface area contributed by atoms with E-state index in [0.717, 1.165) is 5.92 Å². The fourth-order valence-electron chi connectivity index (χ4n) is 1.26. The highest BCUT2D eigenvalue weighted by molar-refractivity contribution is 4.53. The van der Waals surface area contributed by atoms with Gasteiger partial charge in [0.2, 0.25) is 0 Å². The molecule has 1 nitrogen and oxygen atoms in total. The molecule has 0 heterocycles. The standard InChI is InChI=1S/C10H23N/c1-5-11(6-2)9-7-8-10(3)4/h10H,5-9H2,1-4H3. The van der Waals surface area contributed by atoms with Gasteiger partial charge < -0.3 is 4.90 Å². The lowest BCUT2D eigenvalue weighted by molar-refractivity contribution is 0.290. The van der Waals surface area contributed by atoms with Crippen molar-refractivity contribution in [3.8, 4) is 0 Å². The summed E-state index contributed by atoms with van der Waals surface area (Å²) in [5.74, 6) is 0.866. The van der Waals surface area contributed by atoms with E-state index in [9.17, 15) is 0 Å². The van der Waals surface area contributed by atoms with Crippen LogP contribution in [-0.4, -0.2) is 24.5 Å². The van der Waals surface area contributed by atoms with Gasteiger partial charge in [0.1, 0.15) is 0 Å². The molecule has 0 aromatic rings. The molecule has 0 rings (SSSR count). The van der Waals surface area contributed by atoms with Crippen LogP contribution < -0.4 is 0 Å². The van der Waals surface area contributed by atoms with Crippen molar-refractivity contribution in [2.24, 2.45) is 5.92 Å². The lowest BCUT2D eigenvalue weighted by Crippen LogP contribution is -2.24. The van der Waals surface area contributed by atoms with Crippen LogP contribution in [0, 0.1) is 5.92 Å². The number of nitrogens with zero attached hydrogens (tertiary/aromatic N) is 1. The molecule has 0 aliphatic carbocycles. The molecule has 0 fully saturated rings. The van der Waals surface area contributed by atoms with Gasteiger partial charge in [-0.1, -0.05) is 27.7 Å². The Morgan fingerprint density at radius 2 is 1.64 bits per heavy atom. The number of rotatable bonds is 6. The van der Waals surface area contributed by atoms with Gasteiger partial charge in [-0.05, 0) is 38.4 Å². The molecule has 0 aromatic carbocycles. The zero-order valence-corrected chi connectivity index (χ0v) is 8.56. The van der Waals surface area contributed by atoms with Crippen molar-refractivity contribution >= 4 is 0 Å². The second-order valence-corrected chi connectivity index (χ2v) is 3.56. The third kappa shape index (κ3) is 6.36. The van der Waals surface area contributed by atoms with Gasteiger partial charge in [0.25, 0.3) is 0 Å². The smallest absolute Gasteiger partial charge is 0.00189 e. The molecule has 0 aliphatic rings. The monoisotopic (exact) mass is 157 g/mol. The zero-order chi connectivity index (χ0) is 8.69. The second-order valence-electron chi connectivity index (χ2n) is 3.56. The Morgan fingerprint density at radius 1 is 1.09 bits per heavy atom. The van der Waals surface area contributed by atoms with Crippen molar-refractivity contribution < 1.29 is 0 Å². The Labute approximate surface area is 71.8 Å². The van der Waals surface area contributed by atoms with Crippen LogP contribution in [0.2, 0.25) is 0 Å².